The van der Waals surface area contributed by atoms with Gasteiger partial charge in [-0.1, -0.05) is 91.8 Å². The fourth-order valence-electron chi connectivity index (χ4n) is 6.38. The summed E-state index contributed by atoms with van der Waals surface area (Å²) < 4.78 is 0. The Morgan fingerprint density at radius 1 is 0.618 bits per heavy atom. The molecular weight excluding hydrogens is 412 g/mol. The number of rotatable bonds is 0. The van der Waals surface area contributed by atoms with Crippen LogP contribution in [0.4, 0.5) is 0 Å². The van der Waals surface area contributed by atoms with E-state index in [4.69, 9.17) is 0 Å². The van der Waals surface area contributed by atoms with Gasteiger partial charge in [-0.25, -0.2) is 0 Å². The summed E-state index contributed by atoms with van der Waals surface area (Å²) in [5.41, 5.74) is 9.55. The minimum absolute atomic E-state index is 0.0356. The molecule has 1 nitrogen and oxygen atoms in total. The van der Waals surface area contributed by atoms with Crippen LogP contribution in [-0.4, -0.2) is 0 Å². The van der Waals surface area contributed by atoms with Crippen LogP contribution in [-0.2, 0) is 0 Å². The molecule has 2 atom stereocenters. The van der Waals surface area contributed by atoms with Crippen molar-refractivity contribution >= 4 is 11.1 Å². The van der Waals surface area contributed by atoms with Crippen LogP contribution in [0.1, 0.15) is 66.5 Å². The average molecular weight is 451 g/mol. The lowest BCUT2D eigenvalue weighted by Crippen LogP contribution is -2.54. The van der Waals surface area contributed by atoms with E-state index in [0.717, 1.165) is 11.1 Å². The molecule has 0 saturated carbocycles. The van der Waals surface area contributed by atoms with Crippen molar-refractivity contribution in [1.29, 1.82) is 0 Å². The molecule has 4 aliphatic rings. The minimum Gasteiger partial charge on any atom is -0.289 e. The molecule has 0 unspecified atom stereocenters. The maximum Gasteiger partial charge on any atom is 0.184 e. The molecule has 0 heterocycles. The predicted octanol–water partition coefficient (Wildman–Crippen LogP) is 6.39. The zero-order chi connectivity index (χ0) is 25.0. The van der Waals surface area contributed by atoms with Crippen LogP contribution in [0.15, 0.2) is 75.7 Å². The normalized spacial score (nSPS) is 27.4. The van der Waals surface area contributed by atoms with Gasteiger partial charge in [0.2, 0.25) is 0 Å². The molecule has 0 spiro atoms. The lowest BCUT2D eigenvalue weighted by Gasteiger charge is -2.57. The van der Waals surface area contributed by atoms with E-state index in [1.807, 2.05) is 13.8 Å². The SMILES string of the molecule is Cc1cc2c(cc(C)c1=O)=C1C=C(C(C)(C)C)C=C3C=CC4=CC(C(C)(C)C)=CC=2[C@@]4(C)[C@@]31C. The van der Waals surface area contributed by atoms with Gasteiger partial charge in [0.25, 0.3) is 0 Å². The lowest BCUT2D eigenvalue weighted by atomic mass is 9.45. The van der Waals surface area contributed by atoms with Crippen molar-refractivity contribution < 1.29 is 0 Å². The zero-order valence-corrected chi connectivity index (χ0v) is 22.5. The summed E-state index contributed by atoms with van der Waals surface area (Å²) in [5, 5.41) is 2.43. The molecule has 1 aromatic carbocycles. The quantitative estimate of drug-likeness (QED) is 0.448. The Morgan fingerprint density at radius 2 is 0.971 bits per heavy atom. The first-order valence-corrected chi connectivity index (χ1v) is 12.6. The molecule has 176 valence electrons. The highest BCUT2D eigenvalue weighted by Crippen LogP contribution is 2.66. The van der Waals surface area contributed by atoms with Crippen molar-refractivity contribution in [3.05, 3.63) is 103 Å². The van der Waals surface area contributed by atoms with Gasteiger partial charge in [-0.05, 0) is 91.8 Å². The van der Waals surface area contributed by atoms with E-state index in [-0.39, 0.29) is 27.1 Å². The van der Waals surface area contributed by atoms with Gasteiger partial charge >= 0.3 is 0 Å². The summed E-state index contributed by atoms with van der Waals surface area (Å²) in [6, 6.07) is 4.33. The van der Waals surface area contributed by atoms with Gasteiger partial charge in [-0.3, -0.25) is 4.79 Å². The van der Waals surface area contributed by atoms with Gasteiger partial charge < -0.3 is 0 Å². The molecule has 5 rings (SSSR count). The first-order valence-electron chi connectivity index (χ1n) is 12.6. The Morgan fingerprint density at radius 3 is 1.29 bits per heavy atom. The van der Waals surface area contributed by atoms with Crippen LogP contribution in [0.25, 0.3) is 11.1 Å². The molecule has 1 heteroatoms. The Labute approximate surface area is 204 Å². The van der Waals surface area contributed by atoms with E-state index in [1.54, 1.807) is 0 Å². The summed E-state index contributed by atoms with van der Waals surface area (Å²) in [6.45, 7) is 22.5. The first kappa shape index (κ1) is 23.1. The van der Waals surface area contributed by atoms with Crippen LogP contribution < -0.4 is 15.9 Å². The highest BCUT2D eigenvalue weighted by molar-refractivity contribution is 5.88. The van der Waals surface area contributed by atoms with Gasteiger partial charge in [0.05, 0.1) is 0 Å². The third kappa shape index (κ3) is 2.82. The highest BCUT2D eigenvalue weighted by atomic mass is 16.1. The summed E-state index contributed by atoms with van der Waals surface area (Å²) >= 11 is 0. The number of fused-ring (bicyclic) bond motifs is 1. The fraction of sp³-hybridized carbons (Fsp3) is 0.424. The van der Waals surface area contributed by atoms with Crippen molar-refractivity contribution in [2.45, 2.75) is 69.2 Å². The Kier molecular flexibility index (Phi) is 4.56. The highest BCUT2D eigenvalue weighted by Gasteiger charge is 2.57. The summed E-state index contributed by atoms with van der Waals surface area (Å²) in [6.07, 6.45) is 14.4. The van der Waals surface area contributed by atoms with Crippen molar-refractivity contribution in [2.24, 2.45) is 21.7 Å². The molecule has 4 aliphatic carbocycles. The largest absolute Gasteiger partial charge is 0.289 e. The van der Waals surface area contributed by atoms with Crippen molar-refractivity contribution in [3.63, 3.8) is 0 Å². The van der Waals surface area contributed by atoms with Gasteiger partial charge in [0, 0.05) is 10.8 Å². The van der Waals surface area contributed by atoms with Crippen LogP contribution in [0.3, 0.4) is 0 Å². The van der Waals surface area contributed by atoms with Crippen LogP contribution in [0.5, 0.6) is 0 Å². The van der Waals surface area contributed by atoms with Crippen molar-refractivity contribution in [1.82, 2.24) is 0 Å². The lowest BCUT2D eigenvalue weighted by molar-refractivity contribution is 0.298. The topological polar surface area (TPSA) is 17.1 Å². The molecule has 0 fully saturated rings. The van der Waals surface area contributed by atoms with Crippen LogP contribution in [0, 0.1) is 35.5 Å². The maximum absolute atomic E-state index is 13.1. The van der Waals surface area contributed by atoms with Crippen molar-refractivity contribution in [2.75, 3.05) is 0 Å². The van der Waals surface area contributed by atoms with E-state index in [9.17, 15) is 4.79 Å². The van der Waals surface area contributed by atoms with E-state index >= 15 is 0 Å². The summed E-state index contributed by atoms with van der Waals surface area (Å²) in [7, 11) is 0. The third-order valence-electron chi connectivity index (χ3n) is 8.94. The average Bonchev–Trinajstić information content (AvgIpc) is 2.82. The molecule has 0 saturated heterocycles. The second kappa shape index (κ2) is 6.72. The Bertz CT molecular complexity index is 1390. The summed E-state index contributed by atoms with van der Waals surface area (Å²) in [4.78, 5) is 13.1. The van der Waals surface area contributed by atoms with Crippen LogP contribution >= 0.6 is 0 Å². The minimum atomic E-state index is -0.206. The molecule has 0 amide bonds. The smallest absolute Gasteiger partial charge is 0.184 e. The number of hydrogen-bond acceptors (Lipinski definition) is 1. The zero-order valence-electron chi connectivity index (χ0n) is 22.5. The van der Waals surface area contributed by atoms with Crippen molar-refractivity contribution in [3.8, 4) is 0 Å². The second-order valence-corrected chi connectivity index (χ2v) is 13.1. The number of aryl methyl sites for hydroxylation is 2. The van der Waals surface area contributed by atoms with Crippen LogP contribution in [0.2, 0.25) is 0 Å². The van der Waals surface area contributed by atoms with E-state index in [1.165, 1.54) is 43.9 Å². The molecule has 0 aromatic heterocycles. The molecule has 0 bridgehead atoms. The fourth-order valence-corrected chi connectivity index (χ4v) is 6.38. The predicted molar refractivity (Wildman–Crippen MR) is 145 cm³/mol. The maximum atomic E-state index is 13.1. The molecule has 34 heavy (non-hydrogen) atoms. The first-order chi connectivity index (χ1) is 15.6. The summed E-state index contributed by atoms with van der Waals surface area (Å²) in [5.74, 6) is 0. The van der Waals surface area contributed by atoms with E-state index in [2.05, 4.69) is 104 Å². The van der Waals surface area contributed by atoms with E-state index < -0.39 is 0 Å². The number of hydrogen-bond donors (Lipinski definition) is 0. The monoisotopic (exact) mass is 450 g/mol. The third-order valence-corrected chi connectivity index (χ3v) is 8.94. The van der Waals surface area contributed by atoms with E-state index in [0.29, 0.717) is 0 Å². The number of allylic oxidation sites excluding steroid dienone is 10. The molecule has 0 aliphatic heterocycles. The molecule has 0 radical (unpaired) electrons. The van der Waals surface area contributed by atoms with Gasteiger partial charge in [0.1, 0.15) is 0 Å². The second-order valence-electron chi connectivity index (χ2n) is 13.1. The molecule has 0 N–H and O–H groups in total. The van der Waals surface area contributed by atoms with Gasteiger partial charge in [-0.2, -0.15) is 0 Å². The molecular formula is C33H38O. The Balaban J connectivity index is 2.12. The standard InChI is InChI=1S/C33H38O/c1-19-13-25-26(14-20(2)29(19)34)28-18-24(31(6,7)8)16-22-12-11-21-15-23(30(3,4)5)17-27(25)32(21,9)33(22,28)10/h11-18H,1-10H3/t32-,33-/m0/s1. The van der Waals surface area contributed by atoms with Gasteiger partial charge in [0.15, 0.2) is 5.43 Å². The molecule has 1 aromatic rings. The Hall–Kier alpha value is -2.67. The van der Waals surface area contributed by atoms with Gasteiger partial charge in [-0.15, -0.1) is 0 Å².